The summed E-state index contributed by atoms with van der Waals surface area (Å²) in [6, 6.07) is 9.09. The summed E-state index contributed by atoms with van der Waals surface area (Å²) >= 11 is 0. The Labute approximate surface area is 109 Å². The maximum absolute atomic E-state index is 2.39. The van der Waals surface area contributed by atoms with E-state index in [1.54, 1.807) is 0 Å². The first-order valence-electron chi connectivity index (χ1n) is 6.81. The van der Waals surface area contributed by atoms with Crippen LogP contribution in [-0.4, -0.2) is 0 Å². The van der Waals surface area contributed by atoms with E-state index in [4.69, 9.17) is 0 Å². The van der Waals surface area contributed by atoms with E-state index in [0.717, 1.165) is 19.5 Å². The Hall–Kier alpha value is -1.70. The molecule has 0 saturated carbocycles. The molecular formula is C16H20N2+2. The molecule has 3 rings (SSSR count). The fourth-order valence-electron chi connectivity index (χ4n) is 2.67. The number of nitrogens with zero attached hydrogens (tertiary/aromatic N) is 2. The SMILES string of the molecule is CCc1cc[n+]2c(c1)-c1cc(C)cc[n+]1CCC2. The first-order valence-corrected chi connectivity index (χ1v) is 6.81. The van der Waals surface area contributed by atoms with Crippen molar-refractivity contribution < 1.29 is 9.13 Å². The van der Waals surface area contributed by atoms with E-state index in [-0.39, 0.29) is 0 Å². The highest BCUT2D eigenvalue weighted by atomic mass is 15.1. The summed E-state index contributed by atoms with van der Waals surface area (Å²) < 4.78 is 4.77. The zero-order chi connectivity index (χ0) is 12.5. The third kappa shape index (κ3) is 1.92. The predicted octanol–water partition coefficient (Wildman–Crippen LogP) is 2.20. The molecule has 0 N–H and O–H groups in total. The minimum atomic E-state index is 1.10. The molecule has 0 bridgehead atoms. The topological polar surface area (TPSA) is 7.76 Å². The summed E-state index contributed by atoms with van der Waals surface area (Å²) in [6.45, 7) is 6.60. The average molecular weight is 240 g/mol. The zero-order valence-corrected chi connectivity index (χ0v) is 11.2. The molecule has 0 aliphatic carbocycles. The monoisotopic (exact) mass is 240 g/mol. The Bertz CT molecular complexity index is 588. The molecule has 1 aliphatic heterocycles. The van der Waals surface area contributed by atoms with Gasteiger partial charge in [-0.15, -0.1) is 0 Å². The lowest BCUT2D eigenvalue weighted by atomic mass is 10.1. The largest absolute Gasteiger partial charge is 0.277 e. The standard InChI is InChI=1S/C16H20N2/c1-3-14-6-10-18-8-4-7-17-9-5-13(2)11-15(17)16(18)12-14/h5-6,9-12H,3-4,7-8H2,1-2H3/q+2. The molecular weight excluding hydrogens is 220 g/mol. The lowest BCUT2D eigenvalue weighted by Gasteiger charge is -2.02. The van der Waals surface area contributed by atoms with E-state index >= 15 is 0 Å². The van der Waals surface area contributed by atoms with E-state index in [9.17, 15) is 0 Å². The molecule has 2 heteroatoms. The van der Waals surface area contributed by atoms with Crippen LogP contribution in [0.2, 0.25) is 0 Å². The Balaban J connectivity index is 2.24. The number of aryl methyl sites for hydroxylation is 4. The maximum Gasteiger partial charge on any atom is 0.277 e. The van der Waals surface area contributed by atoms with E-state index in [1.807, 2.05) is 0 Å². The molecule has 18 heavy (non-hydrogen) atoms. The summed E-state index contributed by atoms with van der Waals surface area (Å²) in [5.41, 5.74) is 5.45. The van der Waals surface area contributed by atoms with Crippen LogP contribution in [0, 0.1) is 6.92 Å². The van der Waals surface area contributed by atoms with Gasteiger partial charge in [0.05, 0.1) is 6.42 Å². The Morgan fingerprint density at radius 3 is 2.39 bits per heavy atom. The van der Waals surface area contributed by atoms with Gasteiger partial charge in [0.2, 0.25) is 0 Å². The predicted molar refractivity (Wildman–Crippen MR) is 71.0 cm³/mol. The highest BCUT2D eigenvalue weighted by Crippen LogP contribution is 2.16. The molecule has 0 aromatic carbocycles. The summed E-state index contributed by atoms with van der Waals surface area (Å²) in [7, 11) is 0. The third-order valence-electron chi connectivity index (χ3n) is 3.76. The molecule has 0 fully saturated rings. The van der Waals surface area contributed by atoms with Gasteiger partial charge >= 0.3 is 0 Å². The number of fused-ring (bicyclic) bond motifs is 3. The molecule has 2 aromatic rings. The second-order valence-electron chi connectivity index (χ2n) is 5.10. The van der Waals surface area contributed by atoms with Crippen LogP contribution in [0.15, 0.2) is 36.7 Å². The fraction of sp³-hybridized carbons (Fsp3) is 0.375. The van der Waals surface area contributed by atoms with Crippen molar-refractivity contribution >= 4 is 0 Å². The van der Waals surface area contributed by atoms with E-state index in [0.29, 0.717) is 0 Å². The third-order valence-corrected chi connectivity index (χ3v) is 3.76. The van der Waals surface area contributed by atoms with Crippen molar-refractivity contribution in [2.24, 2.45) is 0 Å². The van der Waals surface area contributed by atoms with Crippen LogP contribution in [0.1, 0.15) is 24.5 Å². The highest BCUT2D eigenvalue weighted by molar-refractivity contribution is 5.49. The number of hydrogen-bond acceptors (Lipinski definition) is 0. The van der Waals surface area contributed by atoms with Crippen molar-refractivity contribution in [3.05, 3.63) is 47.8 Å². The number of rotatable bonds is 1. The average Bonchev–Trinajstić information content (AvgIpc) is 2.57. The van der Waals surface area contributed by atoms with Crippen molar-refractivity contribution in [3.63, 3.8) is 0 Å². The molecule has 0 atom stereocenters. The normalized spacial score (nSPS) is 13.7. The van der Waals surface area contributed by atoms with Crippen LogP contribution in [-0.2, 0) is 19.5 Å². The van der Waals surface area contributed by atoms with Gasteiger partial charge in [-0.3, -0.25) is 0 Å². The second kappa shape index (κ2) is 4.52. The minimum Gasteiger partial charge on any atom is -0.193 e. The molecule has 0 amide bonds. The molecule has 0 spiro atoms. The van der Waals surface area contributed by atoms with Gasteiger partial charge in [-0.2, -0.15) is 9.13 Å². The van der Waals surface area contributed by atoms with Crippen molar-refractivity contribution in [1.29, 1.82) is 0 Å². The minimum absolute atomic E-state index is 1.10. The number of aromatic nitrogens is 2. The molecule has 0 unspecified atom stereocenters. The first kappa shape index (κ1) is 11.4. The first-order chi connectivity index (χ1) is 8.78. The number of hydrogen-bond donors (Lipinski definition) is 0. The van der Waals surface area contributed by atoms with Gasteiger partial charge in [-0.25, -0.2) is 0 Å². The summed E-state index contributed by atoms with van der Waals surface area (Å²) in [5, 5.41) is 0. The lowest BCUT2D eigenvalue weighted by Crippen LogP contribution is -2.37. The van der Waals surface area contributed by atoms with Gasteiger partial charge in [0.15, 0.2) is 25.5 Å². The maximum atomic E-state index is 2.39. The van der Waals surface area contributed by atoms with Gasteiger partial charge in [-0.1, -0.05) is 6.92 Å². The zero-order valence-electron chi connectivity index (χ0n) is 11.2. The fourth-order valence-corrected chi connectivity index (χ4v) is 2.67. The van der Waals surface area contributed by atoms with Crippen LogP contribution >= 0.6 is 0 Å². The molecule has 0 radical (unpaired) electrons. The summed E-state index contributed by atoms with van der Waals surface area (Å²) in [4.78, 5) is 0. The molecule has 2 aromatic heterocycles. The lowest BCUT2D eigenvalue weighted by molar-refractivity contribution is -0.688. The second-order valence-corrected chi connectivity index (χ2v) is 5.10. The van der Waals surface area contributed by atoms with Crippen molar-refractivity contribution in [2.75, 3.05) is 0 Å². The van der Waals surface area contributed by atoms with Crippen molar-refractivity contribution in [1.82, 2.24) is 0 Å². The summed E-state index contributed by atoms with van der Waals surface area (Å²) in [5.74, 6) is 0. The Morgan fingerprint density at radius 1 is 1.00 bits per heavy atom. The molecule has 92 valence electrons. The van der Waals surface area contributed by atoms with Crippen LogP contribution in [0.4, 0.5) is 0 Å². The van der Waals surface area contributed by atoms with E-state index < -0.39 is 0 Å². The van der Waals surface area contributed by atoms with Crippen LogP contribution < -0.4 is 9.13 Å². The van der Waals surface area contributed by atoms with Crippen molar-refractivity contribution in [2.45, 2.75) is 39.8 Å². The van der Waals surface area contributed by atoms with Gasteiger partial charge in [0, 0.05) is 24.3 Å². The van der Waals surface area contributed by atoms with Crippen molar-refractivity contribution in [3.8, 4) is 11.4 Å². The van der Waals surface area contributed by atoms with E-state index in [1.165, 1.54) is 28.9 Å². The van der Waals surface area contributed by atoms with Gasteiger partial charge < -0.3 is 0 Å². The van der Waals surface area contributed by atoms with E-state index in [2.05, 4.69) is 59.6 Å². The van der Waals surface area contributed by atoms with Gasteiger partial charge in [0.1, 0.15) is 0 Å². The number of pyridine rings is 2. The van der Waals surface area contributed by atoms with Crippen LogP contribution in [0.25, 0.3) is 11.4 Å². The van der Waals surface area contributed by atoms with Gasteiger partial charge in [0.25, 0.3) is 11.4 Å². The van der Waals surface area contributed by atoms with Crippen LogP contribution in [0.3, 0.4) is 0 Å². The Kier molecular flexibility index (Phi) is 2.86. The summed E-state index contributed by atoms with van der Waals surface area (Å²) in [6.07, 6.45) is 6.76. The molecule has 0 saturated heterocycles. The molecule has 3 heterocycles. The molecule has 2 nitrogen and oxygen atoms in total. The van der Waals surface area contributed by atoms with Gasteiger partial charge in [-0.05, 0) is 24.5 Å². The Morgan fingerprint density at radius 2 is 1.67 bits per heavy atom. The quantitative estimate of drug-likeness (QED) is 0.675. The van der Waals surface area contributed by atoms with Crippen LogP contribution in [0.5, 0.6) is 0 Å². The molecule has 1 aliphatic rings. The highest BCUT2D eigenvalue weighted by Gasteiger charge is 2.26. The smallest absolute Gasteiger partial charge is 0.193 e.